The molecule has 3 aromatic carbocycles. The van der Waals surface area contributed by atoms with Gasteiger partial charge in [-0.1, -0.05) is 42.5 Å². The number of fused-ring (bicyclic) bond motifs is 2. The van der Waals surface area contributed by atoms with E-state index in [2.05, 4.69) is 5.32 Å². The SMILES string of the molecule is CCOC(=O)C1=C(C)NC2=C(C(=O)c3ccccc32)[C@@H]1c1ccc(OCc2ccc(F)cc2)c(OCC)c1. The molecule has 1 N–H and O–H groups in total. The van der Waals surface area contributed by atoms with Gasteiger partial charge in [0, 0.05) is 28.3 Å². The zero-order chi connectivity index (χ0) is 26.8. The second-order valence-electron chi connectivity index (χ2n) is 9.03. The van der Waals surface area contributed by atoms with Crippen LogP contribution in [0.25, 0.3) is 5.70 Å². The highest BCUT2D eigenvalue weighted by Gasteiger charge is 2.43. The molecule has 6 nitrogen and oxygen atoms in total. The fourth-order valence-electron chi connectivity index (χ4n) is 4.98. The molecule has 1 heterocycles. The largest absolute Gasteiger partial charge is 0.490 e. The topological polar surface area (TPSA) is 73.9 Å². The highest BCUT2D eigenvalue weighted by molar-refractivity contribution is 6.23. The van der Waals surface area contributed by atoms with Crippen molar-refractivity contribution in [3.63, 3.8) is 0 Å². The Hall–Kier alpha value is -4.39. The van der Waals surface area contributed by atoms with Gasteiger partial charge in [0.15, 0.2) is 17.3 Å². The summed E-state index contributed by atoms with van der Waals surface area (Å²) in [4.78, 5) is 26.8. The minimum absolute atomic E-state index is 0.128. The molecule has 1 aliphatic heterocycles. The van der Waals surface area contributed by atoms with Crippen molar-refractivity contribution in [3.8, 4) is 11.5 Å². The minimum atomic E-state index is -0.657. The van der Waals surface area contributed by atoms with Crippen molar-refractivity contribution in [2.24, 2.45) is 0 Å². The summed E-state index contributed by atoms with van der Waals surface area (Å²) >= 11 is 0. The zero-order valence-corrected chi connectivity index (χ0v) is 21.5. The maximum atomic E-state index is 13.7. The maximum absolute atomic E-state index is 13.7. The number of halogens is 1. The smallest absolute Gasteiger partial charge is 0.336 e. The number of rotatable bonds is 8. The second-order valence-corrected chi connectivity index (χ2v) is 9.03. The van der Waals surface area contributed by atoms with Crippen LogP contribution >= 0.6 is 0 Å². The van der Waals surface area contributed by atoms with Crippen molar-refractivity contribution in [1.82, 2.24) is 5.32 Å². The molecule has 1 aliphatic carbocycles. The summed E-state index contributed by atoms with van der Waals surface area (Å²) in [6.45, 7) is 6.26. The lowest BCUT2D eigenvalue weighted by Gasteiger charge is -2.29. The van der Waals surface area contributed by atoms with E-state index in [0.717, 1.165) is 11.1 Å². The number of ketones is 1. The molecule has 0 saturated carbocycles. The third kappa shape index (κ3) is 4.56. The summed E-state index contributed by atoms with van der Waals surface area (Å²) in [6, 6.07) is 18.9. The van der Waals surface area contributed by atoms with Gasteiger partial charge in [0.25, 0.3) is 0 Å². The first-order chi connectivity index (χ1) is 18.4. The fraction of sp³-hybridized carbons (Fsp3) is 0.226. The first kappa shape index (κ1) is 25.3. The lowest BCUT2D eigenvalue weighted by molar-refractivity contribution is -0.138. The van der Waals surface area contributed by atoms with Gasteiger partial charge in [-0.3, -0.25) is 4.79 Å². The Bertz CT molecular complexity index is 1470. The molecule has 0 radical (unpaired) electrons. The first-order valence-corrected chi connectivity index (χ1v) is 12.6. The van der Waals surface area contributed by atoms with E-state index in [4.69, 9.17) is 14.2 Å². The van der Waals surface area contributed by atoms with Crippen LogP contribution in [0.2, 0.25) is 0 Å². The number of Topliss-reactive ketones (excluding diaryl/α,β-unsaturated/α-hetero) is 1. The Kier molecular flexibility index (Phi) is 7.01. The Balaban J connectivity index is 1.57. The highest BCUT2D eigenvalue weighted by Crippen LogP contribution is 2.48. The molecule has 0 fully saturated rings. The van der Waals surface area contributed by atoms with Crippen LogP contribution in [-0.2, 0) is 16.1 Å². The number of carbonyl (C=O) groups excluding carboxylic acids is 2. The zero-order valence-electron chi connectivity index (χ0n) is 21.5. The van der Waals surface area contributed by atoms with E-state index in [1.54, 1.807) is 31.2 Å². The van der Waals surface area contributed by atoms with Crippen molar-refractivity contribution in [1.29, 1.82) is 0 Å². The van der Waals surface area contributed by atoms with Crippen LogP contribution in [0.4, 0.5) is 4.39 Å². The van der Waals surface area contributed by atoms with Crippen LogP contribution in [0.15, 0.2) is 83.6 Å². The normalized spacial score (nSPS) is 16.1. The fourth-order valence-corrected chi connectivity index (χ4v) is 4.98. The second kappa shape index (κ2) is 10.5. The lowest BCUT2D eigenvalue weighted by Crippen LogP contribution is -2.29. The monoisotopic (exact) mass is 513 g/mol. The van der Waals surface area contributed by atoms with E-state index in [0.29, 0.717) is 51.8 Å². The molecule has 194 valence electrons. The van der Waals surface area contributed by atoms with Gasteiger partial charge in [0.1, 0.15) is 12.4 Å². The van der Waals surface area contributed by atoms with Crippen molar-refractivity contribution < 1.29 is 28.2 Å². The highest BCUT2D eigenvalue weighted by atomic mass is 19.1. The van der Waals surface area contributed by atoms with Gasteiger partial charge in [-0.2, -0.15) is 0 Å². The average molecular weight is 514 g/mol. The number of allylic oxidation sites excluding steroid dienone is 2. The predicted molar refractivity (Wildman–Crippen MR) is 141 cm³/mol. The van der Waals surface area contributed by atoms with Crippen LogP contribution in [0, 0.1) is 5.82 Å². The predicted octanol–water partition coefficient (Wildman–Crippen LogP) is 5.93. The number of benzene rings is 3. The molecule has 0 aromatic heterocycles. The van der Waals surface area contributed by atoms with Gasteiger partial charge in [-0.05, 0) is 56.2 Å². The molecular formula is C31H28FNO5. The van der Waals surface area contributed by atoms with E-state index in [1.807, 2.05) is 44.2 Å². The van der Waals surface area contributed by atoms with Crippen molar-refractivity contribution in [2.75, 3.05) is 13.2 Å². The van der Waals surface area contributed by atoms with Crippen molar-refractivity contribution in [2.45, 2.75) is 33.3 Å². The van der Waals surface area contributed by atoms with E-state index < -0.39 is 11.9 Å². The van der Waals surface area contributed by atoms with Gasteiger partial charge in [-0.25, -0.2) is 9.18 Å². The molecule has 0 unspecified atom stereocenters. The average Bonchev–Trinajstić information content (AvgIpc) is 3.19. The maximum Gasteiger partial charge on any atom is 0.336 e. The molecule has 1 atom stereocenters. The number of dihydropyridines is 1. The number of carbonyl (C=O) groups is 2. The number of esters is 1. The van der Waals surface area contributed by atoms with Gasteiger partial charge < -0.3 is 19.5 Å². The summed E-state index contributed by atoms with van der Waals surface area (Å²) in [6.07, 6.45) is 0. The number of nitrogens with one attached hydrogen (secondary N) is 1. The molecule has 0 amide bonds. The van der Waals surface area contributed by atoms with E-state index >= 15 is 0 Å². The molecule has 2 aliphatic rings. The van der Waals surface area contributed by atoms with E-state index in [1.165, 1.54) is 12.1 Å². The summed E-state index contributed by atoms with van der Waals surface area (Å²) in [7, 11) is 0. The third-order valence-corrected chi connectivity index (χ3v) is 6.65. The minimum Gasteiger partial charge on any atom is -0.490 e. The molecule has 5 rings (SSSR count). The van der Waals surface area contributed by atoms with Gasteiger partial charge >= 0.3 is 5.97 Å². The van der Waals surface area contributed by atoms with Crippen LogP contribution in [0.1, 0.15) is 53.7 Å². The number of hydrogen-bond acceptors (Lipinski definition) is 6. The molecule has 0 spiro atoms. The lowest BCUT2D eigenvalue weighted by atomic mass is 9.79. The molecule has 0 bridgehead atoms. The third-order valence-electron chi connectivity index (χ3n) is 6.65. The van der Waals surface area contributed by atoms with Gasteiger partial charge in [0.05, 0.1) is 24.5 Å². The van der Waals surface area contributed by atoms with Crippen LogP contribution in [-0.4, -0.2) is 25.0 Å². The summed E-state index contributed by atoms with van der Waals surface area (Å²) < 4.78 is 30.6. The Morgan fingerprint density at radius 2 is 1.66 bits per heavy atom. The van der Waals surface area contributed by atoms with Gasteiger partial charge in [0.2, 0.25) is 0 Å². The molecule has 3 aromatic rings. The Morgan fingerprint density at radius 1 is 0.921 bits per heavy atom. The molecule has 0 saturated heterocycles. The molecule has 38 heavy (non-hydrogen) atoms. The van der Waals surface area contributed by atoms with Crippen molar-refractivity contribution >= 4 is 17.4 Å². The molecular weight excluding hydrogens is 485 g/mol. The summed E-state index contributed by atoms with van der Waals surface area (Å²) in [5.74, 6) is -0.591. The first-order valence-electron chi connectivity index (χ1n) is 12.6. The Labute approximate surface area is 220 Å². The standard InChI is InChI=1S/C31H28FNO5/c1-4-36-25-16-20(12-15-24(25)38-17-19-10-13-21(32)14-11-19)27-26(31(35)37-5-2)18(3)33-29-22-8-6-7-9-23(22)30(34)28(27)29/h6-16,27,33H,4-5,17H2,1-3H3/t27-/m1/s1. The number of ether oxygens (including phenoxy) is 3. The van der Waals surface area contributed by atoms with Crippen LogP contribution < -0.4 is 14.8 Å². The molecule has 7 heteroatoms. The number of hydrogen-bond donors (Lipinski definition) is 1. The van der Waals surface area contributed by atoms with E-state index in [9.17, 15) is 14.0 Å². The Morgan fingerprint density at radius 3 is 2.37 bits per heavy atom. The van der Waals surface area contributed by atoms with E-state index in [-0.39, 0.29) is 24.8 Å². The van der Waals surface area contributed by atoms with Crippen molar-refractivity contribution in [3.05, 3.63) is 112 Å². The summed E-state index contributed by atoms with van der Waals surface area (Å²) in [5, 5.41) is 3.30. The van der Waals surface area contributed by atoms with Crippen LogP contribution in [0.5, 0.6) is 11.5 Å². The summed E-state index contributed by atoms with van der Waals surface area (Å²) in [5.41, 5.74) is 5.14. The van der Waals surface area contributed by atoms with Crippen LogP contribution in [0.3, 0.4) is 0 Å². The van der Waals surface area contributed by atoms with Gasteiger partial charge in [-0.15, -0.1) is 0 Å². The quantitative estimate of drug-likeness (QED) is 0.376.